The maximum absolute atomic E-state index is 12.1. The van der Waals surface area contributed by atoms with Gasteiger partial charge in [0, 0.05) is 18.8 Å². The first-order valence-corrected chi connectivity index (χ1v) is 6.72. The molecule has 1 aliphatic rings. The number of likely N-dealkylation sites (tertiary alicyclic amines) is 1. The lowest BCUT2D eigenvalue weighted by molar-refractivity contribution is -0.136. The van der Waals surface area contributed by atoms with Crippen LogP contribution >= 0.6 is 0 Å². The highest BCUT2D eigenvalue weighted by atomic mass is 16.4. The van der Waals surface area contributed by atoms with E-state index < -0.39 is 5.97 Å². The lowest BCUT2D eigenvalue weighted by atomic mass is 9.93. The molecule has 1 fully saturated rings. The van der Waals surface area contributed by atoms with Crippen LogP contribution < -0.4 is 5.32 Å². The van der Waals surface area contributed by atoms with Gasteiger partial charge in [-0.2, -0.15) is 0 Å². The number of hydrogen-bond donors (Lipinski definition) is 2. The Morgan fingerprint density at radius 2 is 1.95 bits per heavy atom. The number of nitrogens with zero attached hydrogens (tertiary/aromatic N) is 1. The SMILES string of the molecule is CC1(C)CCN(C(=O)Nc2ccc(CC(=O)O)cc2)C1. The van der Waals surface area contributed by atoms with E-state index in [1.165, 1.54) is 0 Å². The number of nitrogens with one attached hydrogen (secondary N) is 1. The van der Waals surface area contributed by atoms with Crippen molar-refractivity contribution in [3.05, 3.63) is 29.8 Å². The van der Waals surface area contributed by atoms with E-state index in [9.17, 15) is 9.59 Å². The third-order valence-electron chi connectivity index (χ3n) is 3.53. The van der Waals surface area contributed by atoms with Crippen molar-refractivity contribution < 1.29 is 14.7 Å². The summed E-state index contributed by atoms with van der Waals surface area (Å²) >= 11 is 0. The van der Waals surface area contributed by atoms with Gasteiger partial charge < -0.3 is 15.3 Å². The van der Waals surface area contributed by atoms with E-state index in [-0.39, 0.29) is 17.9 Å². The van der Waals surface area contributed by atoms with Crippen LogP contribution in [0, 0.1) is 5.41 Å². The Bertz CT molecular complexity index is 508. The number of hydrogen-bond acceptors (Lipinski definition) is 2. The summed E-state index contributed by atoms with van der Waals surface area (Å²) in [6, 6.07) is 6.81. The summed E-state index contributed by atoms with van der Waals surface area (Å²) < 4.78 is 0. The molecule has 0 unspecified atom stereocenters. The Labute approximate surface area is 118 Å². The first kappa shape index (κ1) is 14.4. The number of carboxylic acid groups (broad SMARTS) is 1. The van der Waals surface area contributed by atoms with Crippen molar-refractivity contribution in [3.8, 4) is 0 Å². The highest BCUT2D eigenvalue weighted by Gasteiger charge is 2.31. The molecule has 0 spiro atoms. The third kappa shape index (κ3) is 3.73. The Morgan fingerprint density at radius 1 is 1.30 bits per heavy atom. The number of carboxylic acids is 1. The van der Waals surface area contributed by atoms with Gasteiger partial charge in [0.1, 0.15) is 0 Å². The Balaban J connectivity index is 1.93. The zero-order valence-electron chi connectivity index (χ0n) is 11.8. The molecule has 20 heavy (non-hydrogen) atoms. The van der Waals surface area contributed by atoms with Gasteiger partial charge in [-0.25, -0.2) is 4.79 Å². The number of carbonyl (C=O) groups is 2. The quantitative estimate of drug-likeness (QED) is 0.891. The highest BCUT2D eigenvalue weighted by molar-refractivity contribution is 5.89. The van der Waals surface area contributed by atoms with E-state index in [0.717, 1.165) is 25.1 Å². The molecule has 5 heteroatoms. The zero-order chi connectivity index (χ0) is 14.8. The van der Waals surface area contributed by atoms with Gasteiger partial charge in [0.2, 0.25) is 0 Å². The molecule has 2 amide bonds. The predicted molar refractivity (Wildman–Crippen MR) is 76.8 cm³/mol. The van der Waals surface area contributed by atoms with Crippen molar-refractivity contribution in [2.45, 2.75) is 26.7 Å². The van der Waals surface area contributed by atoms with E-state index in [1.54, 1.807) is 24.3 Å². The fourth-order valence-corrected chi connectivity index (χ4v) is 2.37. The van der Waals surface area contributed by atoms with Crippen LogP contribution in [0.4, 0.5) is 10.5 Å². The standard InChI is InChI=1S/C15H20N2O3/c1-15(2)7-8-17(10-15)14(20)16-12-5-3-11(4-6-12)9-13(18)19/h3-6H,7-10H2,1-2H3,(H,16,20)(H,18,19). The molecule has 1 saturated heterocycles. The number of aliphatic carboxylic acids is 1. The van der Waals surface area contributed by atoms with Crippen LogP contribution in [-0.2, 0) is 11.2 Å². The number of benzene rings is 1. The molecule has 108 valence electrons. The summed E-state index contributed by atoms with van der Waals surface area (Å²) in [5.74, 6) is -0.860. The van der Waals surface area contributed by atoms with Crippen molar-refractivity contribution >= 4 is 17.7 Å². The smallest absolute Gasteiger partial charge is 0.321 e. The van der Waals surface area contributed by atoms with E-state index in [1.807, 2.05) is 4.90 Å². The number of carbonyl (C=O) groups excluding carboxylic acids is 1. The normalized spacial score (nSPS) is 17.0. The fraction of sp³-hybridized carbons (Fsp3) is 0.467. The van der Waals surface area contributed by atoms with Crippen LogP contribution in [0.2, 0.25) is 0 Å². The average Bonchev–Trinajstić information content (AvgIpc) is 2.72. The summed E-state index contributed by atoms with van der Waals surface area (Å²) in [6.45, 7) is 5.84. The lowest BCUT2D eigenvalue weighted by Gasteiger charge is -2.20. The number of urea groups is 1. The van der Waals surface area contributed by atoms with Gasteiger partial charge in [-0.05, 0) is 29.5 Å². The molecule has 2 rings (SSSR count). The lowest BCUT2D eigenvalue weighted by Crippen LogP contribution is -2.34. The van der Waals surface area contributed by atoms with E-state index in [0.29, 0.717) is 5.69 Å². The molecule has 0 aromatic heterocycles. The van der Waals surface area contributed by atoms with Crippen LogP contribution in [0.25, 0.3) is 0 Å². The van der Waals surface area contributed by atoms with Crippen molar-refractivity contribution in [2.24, 2.45) is 5.41 Å². The second kappa shape index (κ2) is 5.53. The maximum Gasteiger partial charge on any atom is 0.321 e. The molecule has 1 aliphatic heterocycles. The molecule has 0 aliphatic carbocycles. The van der Waals surface area contributed by atoms with Crippen molar-refractivity contribution in [3.63, 3.8) is 0 Å². The minimum absolute atomic E-state index is 0.00542. The number of anilines is 1. The number of amides is 2. The number of rotatable bonds is 3. The minimum atomic E-state index is -0.860. The van der Waals surface area contributed by atoms with Gasteiger partial charge in [-0.15, -0.1) is 0 Å². The van der Waals surface area contributed by atoms with Gasteiger partial charge in [0.25, 0.3) is 0 Å². The van der Waals surface area contributed by atoms with Crippen molar-refractivity contribution in [2.75, 3.05) is 18.4 Å². The molecule has 1 heterocycles. The van der Waals surface area contributed by atoms with Crippen LogP contribution in [0.5, 0.6) is 0 Å². The zero-order valence-corrected chi connectivity index (χ0v) is 11.8. The topological polar surface area (TPSA) is 69.6 Å². The van der Waals surface area contributed by atoms with Crippen molar-refractivity contribution in [1.82, 2.24) is 4.90 Å². The monoisotopic (exact) mass is 276 g/mol. The Kier molecular flexibility index (Phi) is 3.97. The van der Waals surface area contributed by atoms with Crippen molar-refractivity contribution in [1.29, 1.82) is 0 Å². The van der Waals surface area contributed by atoms with Crippen LogP contribution in [0.1, 0.15) is 25.8 Å². The molecular formula is C15H20N2O3. The van der Waals surface area contributed by atoms with Gasteiger partial charge >= 0.3 is 12.0 Å². The molecule has 1 aromatic carbocycles. The summed E-state index contributed by atoms with van der Waals surface area (Å²) in [5.41, 5.74) is 1.59. The van der Waals surface area contributed by atoms with Gasteiger partial charge in [0.05, 0.1) is 6.42 Å². The van der Waals surface area contributed by atoms with E-state index in [2.05, 4.69) is 19.2 Å². The van der Waals surface area contributed by atoms with Crippen LogP contribution in [0.15, 0.2) is 24.3 Å². The molecule has 0 bridgehead atoms. The molecular weight excluding hydrogens is 256 g/mol. The minimum Gasteiger partial charge on any atom is -0.481 e. The Morgan fingerprint density at radius 3 is 2.45 bits per heavy atom. The second-order valence-corrected chi connectivity index (χ2v) is 6.03. The molecule has 1 aromatic rings. The Hall–Kier alpha value is -2.04. The van der Waals surface area contributed by atoms with E-state index >= 15 is 0 Å². The summed E-state index contributed by atoms with van der Waals surface area (Å²) in [5, 5.41) is 11.5. The van der Waals surface area contributed by atoms with Crippen LogP contribution in [-0.4, -0.2) is 35.1 Å². The largest absolute Gasteiger partial charge is 0.481 e. The maximum atomic E-state index is 12.1. The van der Waals surface area contributed by atoms with Gasteiger partial charge in [-0.3, -0.25) is 4.79 Å². The molecule has 2 N–H and O–H groups in total. The fourth-order valence-electron chi connectivity index (χ4n) is 2.37. The van der Waals surface area contributed by atoms with Gasteiger partial charge in [-0.1, -0.05) is 26.0 Å². The van der Waals surface area contributed by atoms with Gasteiger partial charge in [0.15, 0.2) is 0 Å². The summed E-state index contributed by atoms with van der Waals surface area (Å²) in [4.78, 5) is 24.5. The molecule has 0 radical (unpaired) electrons. The second-order valence-electron chi connectivity index (χ2n) is 6.03. The first-order valence-electron chi connectivity index (χ1n) is 6.72. The first-order chi connectivity index (χ1) is 9.35. The molecule has 5 nitrogen and oxygen atoms in total. The molecule has 0 atom stereocenters. The predicted octanol–water partition coefficient (Wildman–Crippen LogP) is 2.58. The van der Waals surface area contributed by atoms with E-state index in [4.69, 9.17) is 5.11 Å². The summed E-state index contributed by atoms with van der Waals surface area (Å²) in [7, 11) is 0. The summed E-state index contributed by atoms with van der Waals surface area (Å²) in [6.07, 6.45) is 1.01. The average molecular weight is 276 g/mol. The van der Waals surface area contributed by atoms with Crippen LogP contribution in [0.3, 0.4) is 0 Å². The molecule has 0 saturated carbocycles. The third-order valence-corrected chi connectivity index (χ3v) is 3.53. The highest BCUT2D eigenvalue weighted by Crippen LogP contribution is 2.29.